The van der Waals surface area contributed by atoms with E-state index in [9.17, 15) is 4.79 Å². The largest absolute Gasteiger partial charge is 0.343 e. The van der Waals surface area contributed by atoms with E-state index in [-0.39, 0.29) is 5.91 Å². The zero-order valence-electron chi connectivity index (χ0n) is 5.09. The van der Waals surface area contributed by atoms with Gasteiger partial charge in [0.05, 0.1) is 15.6 Å². The van der Waals surface area contributed by atoms with E-state index in [4.69, 9.17) is 0 Å². The summed E-state index contributed by atoms with van der Waals surface area (Å²) in [5, 5.41) is 4.70. The van der Waals surface area contributed by atoms with E-state index in [1.54, 1.807) is 23.1 Å². The minimum absolute atomic E-state index is 0.0648. The third kappa shape index (κ3) is 0.839. The highest BCUT2D eigenvalue weighted by molar-refractivity contribution is 8.01. The molecule has 1 N–H and O–H groups in total. The van der Waals surface area contributed by atoms with Gasteiger partial charge in [0.15, 0.2) is 0 Å². The fraction of sp³-hybridized carbons (Fsp3) is 0.167. The number of fused-ring (bicyclic) bond motifs is 1. The lowest BCUT2D eigenvalue weighted by molar-refractivity contribution is 0.0956. The van der Waals surface area contributed by atoms with Crippen molar-refractivity contribution in [3.8, 4) is 0 Å². The SMILES string of the molecule is O=C1NCSc2sccc21. The van der Waals surface area contributed by atoms with Crippen molar-refractivity contribution in [3.63, 3.8) is 0 Å². The van der Waals surface area contributed by atoms with Crippen LogP contribution in [0.1, 0.15) is 10.4 Å². The standard InChI is InChI=1S/C6H5NOS2/c8-5-4-1-2-9-6(4)10-3-7-5/h1-2H,3H2,(H,7,8). The first-order valence-electron chi connectivity index (χ1n) is 2.86. The maximum atomic E-state index is 11.0. The Bertz CT molecular complexity index is 268. The number of rotatable bonds is 0. The van der Waals surface area contributed by atoms with E-state index < -0.39 is 0 Å². The van der Waals surface area contributed by atoms with Gasteiger partial charge in [-0.25, -0.2) is 0 Å². The molecule has 2 rings (SSSR count). The highest BCUT2D eigenvalue weighted by Crippen LogP contribution is 2.30. The zero-order valence-corrected chi connectivity index (χ0v) is 6.72. The summed E-state index contributed by atoms with van der Waals surface area (Å²) in [5.74, 6) is 0.779. The van der Waals surface area contributed by atoms with Crippen molar-refractivity contribution in [1.82, 2.24) is 5.32 Å². The van der Waals surface area contributed by atoms with Gasteiger partial charge in [-0.3, -0.25) is 4.79 Å². The number of hydrogen-bond acceptors (Lipinski definition) is 3. The van der Waals surface area contributed by atoms with Gasteiger partial charge in [-0.2, -0.15) is 0 Å². The van der Waals surface area contributed by atoms with Gasteiger partial charge in [-0.1, -0.05) is 11.8 Å². The summed E-state index contributed by atoms with van der Waals surface area (Å²) in [7, 11) is 0. The third-order valence-corrected chi connectivity index (χ3v) is 3.43. The van der Waals surface area contributed by atoms with Crippen LogP contribution in [0.25, 0.3) is 0 Å². The fourth-order valence-electron chi connectivity index (χ4n) is 0.838. The van der Waals surface area contributed by atoms with Crippen LogP contribution in [0, 0.1) is 0 Å². The lowest BCUT2D eigenvalue weighted by Gasteiger charge is -2.10. The minimum atomic E-state index is 0.0648. The van der Waals surface area contributed by atoms with Gasteiger partial charge in [0.25, 0.3) is 5.91 Å². The molecule has 0 saturated heterocycles. The summed E-state index contributed by atoms with van der Waals surface area (Å²) in [6.45, 7) is 0. The van der Waals surface area contributed by atoms with Crippen molar-refractivity contribution in [2.24, 2.45) is 0 Å². The first kappa shape index (κ1) is 6.24. The van der Waals surface area contributed by atoms with Crippen LogP contribution < -0.4 is 5.32 Å². The van der Waals surface area contributed by atoms with E-state index in [1.165, 1.54) is 0 Å². The molecule has 0 radical (unpaired) electrons. The number of thioether (sulfide) groups is 1. The second-order valence-corrected chi connectivity index (χ2v) is 4.08. The van der Waals surface area contributed by atoms with Gasteiger partial charge in [0.1, 0.15) is 0 Å². The Hall–Kier alpha value is -0.480. The number of amides is 1. The van der Waals surface area contributed by atoms with Crippen molar-refractivity contribution in [1.29, 1.82) is 0 Å². The van der Waals surface area contributed by atoms with Gasteiger partial charge in [-0.05, 0) is 11.4 Å². The Morgan fingerprint density at radius 3 is 3.30 bits per heavy atom. The molecule has 10 heavy (non-hydrogen) atoms. The summed E-state index contributed by atoms with van der Waals surface area (Å²) in [6.07, 6.45) is 0. The van der Waals surface area contributed by atoms with Gasteiger partial charge in [0.2, 0.25) is 0 Å². The second kappa shape index (κ2) is 2.29. The van der Waals surface area contributed by atoms with Crippen LogP contribution in [0.4, 0.5) is 0 Å². The molecule has 0 atom stereocenters. The van der Waals surface area contributed by atoms with Crippen LogP contribution in [0.15, 0.2) is 15.7 Å². The molecular formula is C6H5NOS2. The van der Waals surface area contributed by atoms with Crippen molar-refractivity contribution < 1.29 is 4.79 Å². The molecule has 52 valence electrons. The van der Waals surface area contributed by atoms with Crippen LogP contribution in [0.5, 0.6) is 0 Å². The number of hydrogen-bond donors (Lipinski definition) is 1. The lowest BCUT2D eigenvalue weighted by Crippen LogP contribution is -2.25. The average Bonchev–Trinajstić information content (AvgIpc) is 2.36. The molecule has 0 aliphatic carbocycles. The number of thiophene rings is 1. The average molecular weight is 171 g/mol. The molecule has 0 bridgehead atoms. The maximum Gasteiger partial charge on any atom is 0.253 e. The molecule has 0 unspecified atom stereocenters. The van der Waals surface area contributed by atoms with E-state index in [0.29, 0.717) is 5.88 Å². The number of carbonyl (C=O) groups excluding carboxylic acids is 1. The summed E-state index contributed by atoms with van der Waals surface area (Å²) < 4.78 is 1.14. The molecule has 2 nitrogen and oxygen atoms in total. The Balaban J connectivity index is 2.50. The summed E-state index contributed by atoms with van der Waals surface area (Å²) in [4.78, 5) is 11.0. The van der Waals surface area contributed by atoms with Gasteiger partial charge >= 0.3 is 0 Å². The second-order valence-electron chi connectivity index (χ2n) is 1.92. The first-order valence-corrected chi connectivity index (χ1v) is 4.73. The Kier molecular flexibility index (Phi) is 1.43. The van der Waals surface area contributed by atoms with Gasteiger partial charge in [0, 0.05) is 0 Å². The van der Waals surface area contributed by atoms with Crippen molar-refractivity contribution in [3.05, 3.63) is 17.0 Å². The maximum absolute atomic E-state index is 11.0. The van der Waals surface area contributed by atoms with Crippen LogP contribution in [-0.2, 0) is 0 Å². The predicted octanol–water partition coefficient (Wildman–Crippen LogP) is 1.54. The van der Waals surface area contributed by atoms with Crippen molar-refractivity contribution >= 4 is 29.0 Å². The topological polar surface area (TPSA) is 29.1 Å². The van der Waals surface area contributed by atoms with Crippen molar-refractivity contribution in [2.75, 3.05) is 5.88 Å². The zero-order chi connectivity index (χ0) is 6.97. The number of nitrogens with one attached hydrogen (secondary N) is 1. The molecule has 0 saturated carbocycles. The highest BCUT2D eigenvalue weighted by atomic mass is 32.2. The predicted molar refractivity (Wildman–Crippen MR) is 42.5 cm³/mol. The molecular weight excluding hydrogens is 166 g/mol. The van der Waals surface area contributed by atoms with Crippen LogP contribution in [0.3, 0.4) is 0 Å². The van der Waals surface area contributed by atoms with E-state index >= 15 is 0 Å². The molecule has 4 heteroatoms. The molecule has 0 spiro atoms. The summed E-state index contributed by atoms with van der Waals surface area (Å²) in [5.41, 5.74) is 0.834. The monoisotopic (exact) mass is 171 g/mol. The van der Waals surface area contributed by atoms with E-state index in [2.05, 4.69) is 5.32 Å². The molecule has 1 aromatic heterocycles. The van der Waals surface area contributed by atoms with E-state index in [0.717, 1.165) is 9.77 Å². The summed E-state index contributed by atoms with van der Waals surface area (Å²) in [6, 6.07) is 1.86. The summed E-state index contributed by atoms with van der Waals surface area (Å²) >= 11 is 3.32. The highest BCUT2D eigenvalue weighted by Gasteiger charge is 2.16. The molecule has 1 aliphatic heterocycles. The first-order chi connectivity index (χ1) is 4.88. The molecule has 0 aromatic carbocycles. The minimum Gasteiger partial charge on any atom is -0.343 e. The fourth-order valence-corrected chi connectivity index (χ4v) is 2.72. The van der Waals surface area contributed by atoms with Crippen molar-refractivity contribution in [2.45, 2.75) is 4.21 Å². The molecule has 1 aliphatic rings. The van der Waals surface area contributed by atoms with Gasteiger partial charge in [-0.15, -0.1) is 11.3 Å². The smallest absolute Gasteiger partial charge is 0.253 e. The van der Waals surface area contributed by atoms with Crippen LogP contribution in [-0.4, -0.2) is 11.8 Å². The van der Waals surface area contributed by atoms with Crippen LogP contribution >= 0.6 is 23.1 Å². The van der Waals surface area contributed by atoms with Gasteiger partial charge < -0.3 is 5.32 Å². The third-order valence-electron chi connectivity index (χ3n) is 1.31. The Labute approximate surface area is 66.6 Å². The Morgan fingerprint density at radius 1 is 1.60 bits per heavy atom. The van der Waals surface area contributed by atoms with Crippen LogP contribution in [0.2, 0.25) is 0 Å². The quantitative estimate of drug-likeness (QED) is 0.641. The lowest BCUT2D eigenvalue weighted by atomic mass is 10.3. The Morgan fingerprint density at radius 2 is 2.50 bits per heavy atom. The number of carbonyl (C=O) groups is 1. The molecule has 0 fully saturated rings. The van der Waals surface area contributed by atoms with E-state index in [1.807, 2.05) is 11.4 Å². The normalized spacial score (nSPS) is 16.2. The molecule has 1 aromatic rings. The molecule has 2 heterocycles. The molecule has 1 amide bonds.